The molecule has 408 valence electrons. The van der Waals surface area contributed by atoms with E-state index in [0.717, 1.165) is 0 Å². The van der Waals surface area contributed by atoms with Gasteiger partial charge in [0.2, 0.25) is 0 Å². The van der Waals surface area contributed by atoms with Crippen molar-refractivity contribution in [1.82, 2.24) is 0 Å². The van der Waals surface area contributed by atoms with Crippen LogP contribution >= 0.6 is 13.7 Å². The number of carbonyl (C=O) groups is 2. The summed E-state index contributed by atoms with van der Waals surface area (Å²) >= 11 is 0. The molecule has 0 heterocycles. The van der Waals surface area contributed by atoms with Gasteiger partial charge in [0.1, 0.15) is 0 Å². The Balaban J connectivity index is 1.47. The maximum absolute atomic E-state index is 15.9. The first kappa shape index (κ1) is 57.5. The fourth-order valence-electron chi connectivity index (χ4n) is 10.3. The van der Waals surface area contributed by atoms with E-state index in [1.807, 2.05) is 0 Å². The topological polar surface area (TPSA) is 96.0 Å². The summed E-state index contributed by atoms with van der Waals surface area (Å²) < 4.78 is 139. The number of ketones is 2. The van der Waals surface area contributed by atoms with Gasteiger partial charge < -0.3 is 0 Å². The van der Waals surface area contributed by atoms with Crippen LogP contribution in [0.2, 0.25) is 0 Å². The van der Waals surface area contributed by atoms with Gasteiger partial charge in [-0.2, -0.15) is 0 Å². The van der Waals surface area contributed by atoms with Crippen molar-refractivity contribution in [3.63, 3.8) is 0 Å². The molecule has 0 saturated carbocycles. The fourth-order valence-corrected chi connectivity index (χ4v) is 22.5. The Morgan fingerprint density at radius 3 is 0.925 bits per heavy atom. The molecule has 0 aliphatic carbocycles. The van der Waals surface area contributed by atoms with Crippen molar-refractivity contribution in [2.75, 3.05) is 24.8 Å². The SMILES string of the molecule is CS(=O)c1cccc(C(=O)CP(OB(Oc2cc(C(F)(F)F)cc(C(F)(F)F)c2)OP(CC(=O)c2cccc(S(C)=O)c2)(c2ccccc2)(c2ccccc2)c2ccccc2)(c2ccccc2)(c2ccccc2)c2ccccc2)c1. The molecule has 0 amide bonds. The van der Waals surface area contributed by atoms with Crippen LogP contribution in [-0.4, -0.2) is 52.1 Å². The summed E-state index contributed by atoms with van der Waals surface area (Å²) in [6.07, 6.45) is -8.91. The van der Waals surface area contributed by atoms with Gasteiger partial charge in [-0.3, -0.25) is 0 Å². The van der Waals surface area contributed by atoms with Crippen molar-refractivity contribution >= 4 is 86.0 Å². The molecule has 2 atom stereocenters. The van der Waals surface area contributed by atoms with Gasteiger partial charge in [-0.15, -0.1) is 0 Å². The number of carbonyl (C=O) groups excluding carboxylic acids is 2. The molecule has 9 aromatic carbocycles. The van der Waals surface area contributed by atoms with Crippen molar-refractivity contribution < 1.29 is 57.9 Å². The molecule has 0 N–H and O–H groups in total. The number of hydrogen-bond acceptors (Lipinski definition) is 7. The van der Waals surface area contributed by atoms with Crippen molar-refractivity contribution in [2.45, 2.75) is 22.1 Å². The summed E-state index contributed by atoms with van der Waals surface area (Å²) in [4.78, 5) is 32.4. The number of hydrogen-bond donors (Lipinski definition) is 0. The van der Waals surface area contributed by atoms with E-state index in [4.69, 9.17) is 13.5 Å². The van der Waals surface area contributed by atoms with Crippen LogP contribution in [0, 0.1) is 0 Å². The minimum atomic E-state index is -5.43. The third-order valence-electron chi connectivity index (χ3n) is 14.1. The van der Waals surface area contributed by atoms with Crippen LogP contribution in [0.3, 0.4) is 0 Å². The summed E-state index contributed by atoms with van der Waals surface area (Å²) in [5.74, 6) is -2.10. The van der Waals surface area contributed by atoms with Crippen LogP contribution in [0.25, 0.3) is 0 Å². The third-order valence-corrected chi connectivity index (χ3v) is 27.3. The molecule has 0 fully saturated rings. The average molecular weight is 1160 g/mol. The van der Waals surface area contributed by atoms with Crippen LogP contribution in [0.4, 0.5) is 26.3 Å². The summed E-state index contributed by atoms with van der Waals surface area (Å²) in [5, 5.41) is 2.15. The normalized spacial score (nSPS) is 13.8. The Hall–Kier alpha value is -7.16. The summed E-state index contributed by atoms with van der Waals surface area (Å²) in [7, 11) is -5.57. The second-order valence-corrected chi connectivity index (χ2v) is 30.7. The van der Waals surface area contributed by atoms with Crippen molar-refractivity contribution in [1.29, 1.82) is 0 Å². The van der Waals surface area contributed by atoms with Gasteiger partial charge in [-0.25, -0.2) is 0 Å². The molecule has 9 aromatic rings. The van der Waals surface area contributed by atoms with Gasteiger partial charge in [0.05, 0.1) is 0 Å². The van der Waals surface area contributed by atoms with Crippen molar-refractivity contribution in [2.24, 2.45) is 0 Å². The fraction of sp³-hybridized carbons (Fsp3) is 0.0968. The molecule has 0 spiro atoms. The summed E-state index contributed by atoms with van der Waals surface area (Å²) in [5.41, 5.74) is -3.18. The Kier molecular flexibility index (Phi) is 16.6. The third kappa shape index (κ3) is 11.1. The second-order valence-electron chi connectivity index (χ2n) is 18.9. The second kappa shape index (κ2) is 23.1. The number of halogens is 6. The van der Waals surface area contributed by atoms with E-state index >= 15 is 35.9 Å². The molecule has 0 aliphatic heterocycles. The zero-order valence-corrected chi connectivity index (χ0v) is 46.4. The van der Waals surface area contributed by atoms with Crippen LogP contribution in [0.1, 0.15) is 31.8 Å². The molecule has 0 aromatic heterocycles. The van der Waals surface area contributed by atoms with E-state index in [1.165, 1.54) is 24.6 Å². The number of alkyl halides is 6. The van der Waals surface area contributed by atoms with Crippen LogP contribution in [0.5, 0.6) is 5.75 Å². The predicted molar refractivity (Wildman–Crippen MR) is 311 cm³/mol. The molecule has 0 bridgehead atoms. The Morgan fingerprint density at radius 1 is 0.400 bits per heavy atom. The van der Waals surface area contributed by atoms with E-state index < -0.39 is 95.7 Å². The van der Waals surface area contributed by atoms with Gasteiger partial charge in [0.15, 0.2) is 0 Å². The summed E-state index contributed by atoms with van der Waals surface area (Å²) in [6, 6.07) is 65.0. The molecule has 80 heavy (non-hydrogen) atoms. The van der Waals surface area contributed by atoms with Crippen LogP contribution < -0.4 is 36.5 Å². The van der Waals surface area contributed by atoms with Gasteiger partial charge >= 0.3 is 468 Å². The average Bonchev–Trinajstić information content (AvgIpc) is 3.54. The molecule has 7 nitrogen and oxygen atoms in total. The maximum atomic E-state index is 15.9. The standard InChI is InChI=1S/C62H51BF6O7P2S2/c1-79(72)57-37-21-23-46(39-57)59(70)44-77(51-25-9-3-10-26-51,52-27-11-4-12-28-52,53-29-13-5-14-30-53)75-63(74-50-42-48(61(64,65)66)41-49(43-50)62(67,68)69)76-78(54-31-15-6-16-32-54,55-33-17-7-18-34-55,56-35-19-8-20-36-56)45-60(71)47-24-22-38-58(40-47)80(2)73/h3-43H,44-45H2,1-2H3. The van der Waals surface area contributed by atoms with Gasteiger partial charge in [-0.1, -0.05) is 0 Å². The quantitative estimate of drug-likeness (QED) is 0.0325. The Bertz CT molecular complexity index is 3280. The van der Waals surface area contributed by atoms with Gasteiger partial charge in [-0.05, 0) is 0 Å². The minimum absolute atomic E-state index is 0.0222. The van der Waals surface area contributed by atoms with E-state index in [0.29, 0.717) is 53.8 Å². The van der Waals surface area contributed by atoms with E-state index in [-0.39, 0.29) is 17.2 Å². The van der Waals surface area contributed by atoms with Gasteiger partial charge in [0, 0.05) is 0 Å². The molecular weight excluding hydrogens is 1110 g/mol. The predicted octanol–water partition coefficient (Wildman–Crippen LogP) is 12.3. The molecule has 2 unspecified atom stereocenters. The zero-order chi connectivity index (χ0) is 56.8. The Labute approximate surface area is 465 Å². The van der Waals surface area contributed by atoms with Crippen LogP contribution in [-0.2, 0) is 42.8 Å². The summed E-state index contributed by atoms with van der Waals surface area (Å²) in [6.45, 7) is -10.9. The first-order valence-corrected chi connectivity index (χ1v) is 32.7. The van der Waals surface area contributed by atoms with Crippen molar-refractivity contribution in [3.8, 4) is 5.75 Å². The Morgan fingerprint density at radius 2 is 0.675 bits per heavy atom. The molecule has 0 radical (unpaired) electrons. The number of rotatable bonds is 20. The molecule has 0 saturated heterocycles. The van der Waals surface area contributed by atoms with E-state index in [2.05, 4.69) is 0 Å². The zero-order valence-electron chi connectivity index (χ0n) is 43.0. The first-order chi connectivity index (χ1) is 38.3. The number of benzene rings is 9. The van der Waals surface area contributed by atoms with E-state index in [1.54, 1.807) is 218 Å². The molecular formula is C62H51BF6O7P2S2. The van der Waals surface area contributed by atoms with E-state index in [9.17, 15) is 8.42 Å². The van der Waals surface area contributed by atoms with Crippen LogP contribution in [0.15, 0.2) is 259 Å². The van der Waals surface area contributed by atoms with Gasteiger partial charge in [0.25, 0.3) is 0 Å². The molecule has 0 aliphatic rings. The first-order valence-electron chi connectivity index (χ1n) is 24.9. The molecule has 18 heteroatoms. The van der Waals surface area contributed by atoms with Crippen molar-refractivity contribution in [3.05, 3.63) is 271 Å². The monoisotopic (exact) mass is 1160 g/mol. The molecule has 9 rings (SSSR count). The number of Topliss-reactive ketones (excluding diaryl/α,β-unsaturated/α-hetero) is 2.